The largest absolute Gasteiger partial charge is 0.480 e. The van der Waals surface area contributed by atoms with Gasteiger partial charge in [0, 0.05) is 6.08 Å². The summed E-state index contributed by atoms with van der Waals surface area (Å²) in [6.45, 7) is 1.67. The maximum atomic E-state index is 12.6. The molecule has 1 atom stereocenters. The monoisotopic (exact) mass is 251 g/mol. The zero-order chi connectivity index (χ0) is 13.5. The first kappa shape index (κ1) is 13.9. The molecule has 18 heavy (non-hydrogen) atoms. The smallest absolute Gasteiger partial charge is 0.326 e. The van der Waals surface area contributed by atoms with Crippen molar-refractivity contribution < 1.29 is 19.1 Å². The molecule has 0 heterocycles. The van der Waals surface area contributed by atoms with E-state index in [0.717, 1.165) is 0 Å². The van der Waals surface area contributed by atoms with Gasteiger partial charge in [0.25, 0.3) is 0 Å². The third-order valence-corrected chi connectivity index (χ3v) is 2.32. The summed E-state index contributed by atoms with van der Waals surface area (Å²) in [5, 5.41) is 11.1. The second kappa shape index (κ2) is 6.54. The number of amides is 1. The molecule has 96 valence electrons. The molecule has 0 saturated carbocycles. The van der Waals surface area contributed by atoms with Crippen molar-refractivity contribution in [2.45, 2.75) is 19.4 Å². The van der Waals surface area contributed by atoms with Crippen LogP contribution in [0.15, 0.2) is 30.3 Å². The van der Waals surface area contributed by atoms with Crippen LogP contribution in [-0.4, -0.2) is 23.0 Å². The summed E-state index contributed by atoms with van der Waals surface area (Å²) in [7, 11) is 0. The van der Waals surface area contributed by atoms with Crippen LogP contribution in [0, 0.1) is 5.82 Å². The molecule has 1 amide bonds. The van der Waals surface area contributed by atoms with Gasteiger partial charge in [0.05, 0.1) is 0 Å². The van der Waals surface area contributed by atoms with Crippen LogP contribution in [0.1, 0.15) is 18.9 Å². The number of carbonyl (C=O) groups is 2. The standard InChI is InChI=1S/C13H14FNO3/c1-2-11(13(17)18)15-12(16)8-5-9-3-6-10(14)7-4-9/h3-8,11H,2H2,1H3,(H,15,16)(H,17,18)/b8-5+/t11-/m0/s1. The minimum atomic E-state index is -1.07. The van der Waals surface area contributed by atoms with Gasteiger partial charge < -0.3 is 10.4 Å². The van der Waals surface area contributed by atoms with Gasteiger partial charge in [-0.3, -0.25) is 4.79 Å². The quantitative estimate of drug-likeness (QED) is 0.784. The average Bonchev–Trinajstić information content (AvgIpc) is 2.35. The predicted molar refractivity (Wildman–Crippen MR) is 65.3 cm³/mol. The second-order valence-electron chi connectivity index (χ2n) is 3.69. The highest BCUT2D eigenvalue weighted by Gasteiger charge is 2.15. The molecule has 4 nitrogen and oxygen atoms in total. The molecule has 0 aliphatic carbocycles. The lowest BCUT2D eigenvalue weighted by molar-refractivity contribution is -0.141. The van der Waals surface area contributed by atoms with Crippen LogP contribution in [0.25, 0.3) is 6.08 Å². The summed E-state index contributed by atoms with van der Waals surface area (Å²) >= 11 is 0. The van der Waals surface area contributed by atoms with Crippen molar-refractivity contribution in [1.82, 2.24) is 5.32 Å². The lowest BCUT2D eigenvalue weighted by atomic mass is 10.2. The number of rotatable bonds is 5. The molecule has 0 aliphatic heterocycles. The number of benzene rings is 1. The molecule has 1 aromatic rings. The van der Waals surface area contributed by atoms with E-state index in [2.05, 4.69) is 5.32 Å². The van der Waals surface area contributed by atoms with Crippen LogP contribution in [0.5, 0.6) is 0 Å². The van der Waals surface area contributed by atoms with Gasteiger partial charge in [-0.1, -0.05) is 19.1 Å². The molecule has 0 radical (unpaired) electrons. The van der Waals surface area contributed by atoms with Crippen LogP contribution in [-0.2, 0) is 9.59 Å². The summed E-state index contributed by atoms with van der Waals surface area (Å²) in [4.78, 5) is 22.1. The highest BCUT2D eigenvalue weighted by molar-refractivity contribution is 5.94. The van der Waals surface area contributed by atoms with Crippen LogP contribution in [0.4, 0.5) is 4.39 Å². The number of nitrogens with one attached hydrogen (secondary N) is 1. The van der Waals surface area contributed by atoms with Crippen molar-refractivity contribution in [2.24, 2.45) is 0 Å². The molecular weight excluding hydrogens is 237 g/mol. The Morgan fingerprint density at radius 3 is 2.50 bits per heavy atom. The van der Waals surface area contributed by atoms with Gasteiger partial charge in [0.15, 0.2) is 0 Å². The molecule has 0 spiro atoms. The van der Waals surface area contributed by atoms with Gasteiger partial charge in [-0.05, 0) is 30.2 Å². The number of halogens is 1. The number of carboxylic acid groups (broad SMARTS) is 1. The van der Waals surface area contributed by atoms with E-state index in [0.29, 0.717) is 12.0 Å². The maximum Gasteiger partial charge on any atom is 0.326 e. The Morgan fingerprint density at radius 1 is 1.39 bits per heavy atom. The van der Waals surface area contributed by atoms with Crippen molar-refractivity contribution >= 4 is 18.0 Å². The Bertz CT molecular complexity index is 454. The van der Waals surface area contributed by atoms with Gasteiger partial charge in [-0.15, -0.1) is 0 Å². The van der Waals surface area contributed by atoms with Crippen LogP contribution in [0.3, 0.4) is 0 Å². The Hall–Kier alpha value is -2.17. The summed E-state index contributed by atoms with van der Waals surface area (Å²) in [6.07, 6.45) is 3.02. The number of carboxylic acids is 1. The zero-order valence-electron chi connectivity index (χ0n) is 9.89. The molecule has 0 unspecified atom stereocenters. The molecule has 0 saturated heterocycles. The minimum absolute atomic E-state index is 0.311. The molecule has 2 N–H and O–H groups in total. The zero-order valence-corrected chi connectivity index (χ0v) is 9.89. The fourth-order valence-electron chi connectivity index (χ4n) is 1.30. The predicted octanol–water partition coefficient (Wildman–Crippen LogP) is 1.82. The fraction of sp³-hybridized carbons (Fsp3) is 0.231. The summed E-state index contributed by atoms with van der Waals surface area (Å²) in [5.74, 6) is -1.91. The van der Waals surface area contributed by atoms with Gasteiger partial charge in [0.1, 0.15) is 11.9 Å². The maximum absolute atomic E-state index is 12.6. The van der Waals surface area contributed by atoms with E-state index >= 15 is 0 Å². The van der Waals surface area contributed by atoms with E-state index < -0.39 is 17.9 Å². The topological polar surface area (TPSA) is 66.4 Å². The Morgan fingerprint density at radius 2 is 2.00 bits per heavy atom. The van der Waals surface area contributed by atoms with Gasteiger partial charge in [-0.25, -0.2) is 9.18 Å². The third kappa shape index (κ3) is 4.37. The molecule has 0 fully saturated rings. The first-order valence-corrected chi connectivity index (χ1v) is 5.50. The van der Waals surface area contributed by atoms with Gasteiger partial charge >= 0.3 is 5.97 Å². The average molecular weight is 251 g/mol. The summed E-state index contributed by atoms with van der Waals surface area (Å²) in [6, 6.07) is 4.71. The Balaban J connectivity index is 2.59. The van der Waals surface area contributed by atoms with Crippen molar-refractivity contribution in [3.05, 3.63) is 41.7 Å². The molecule has 0 aromatic heterocycles. The lowest BCUT2D eigenvalue weighted by Crippen LogP contribution is -2.39. The number of aliphatic carboxylic acids is 1. The minimum Gasteiger partial charge on any atom is -0.480 e. The molecule has 5 heteroatoms. The third-order valence-electron chi connectivity index (χ3n) is 2.32. The van der Waals surface area contributed by atoms with Crippen LogP contribution >= 0.6 is 0 Å². The highest BCUT2D eigenvalue weighted by Crippen LogP contribution is 2.04. The van der Waals surface area contributed by atoms with E-state index in [-0.39, 0.29) is 5.82 Å². The number of hydrogen-bond acceptors (Lipinski definition) is 2. The van der Waals surface area contributed by atoms with E-state index in [4.69, 9.17) is 5.11 Å². The van der Waals surface area contributed by atoms with Crippen molar-refractivity contribution in [3.63, 3.8) is 0 Å². The first-order chi connectivity index (χ1) is 8.52. The van der Waals surface area contributed by atoms with Crippen molar-refractivity contribution in [3.8, 4) is 0 Å². The Labute approximate surface area is 104 Å². The second-order valence-corrected chi connectivity index (χ2v) is 3.69. The SMILES string of the molecule is CC[C@H](NC(=O)/C=C/c1ccc(F)cc1)C(=O)O. The number of hydrogen-bond donors (Lipinski definition) is 2. The van der Waals surface area contributed by atoms with Crippen molar-refractivity contribution in [2.75, 3.05) is 0 Å². The molecule has 1 rings (SSSR count). The van der Waals surface area contributed by atoms with Gasteiger partial charge in [-0.2, -0.15) is 0 Å². The van der Waals surface area contributed by atoms with E-state index in [9.17, 15) is 14.0 Å². The van der Waals surface area contributed by atoms with E-state index in [1.807, 2.05) is 0 Å². The van der Waals surface area contributed by atoms with Gasteiger partial charge in [0.2, 0.25) is 5.91 Å². The van der Waals surface area contributed by atoms with Crippen molar-refractivity contribution in [1.29, 1.82) is 0 Å². The molecule has 0 aliphatic rings. The fourth-order valence-corrected chi connectivity index (χ4v) is 1.30. The lowest BCUT2D eigenvalue weighted by Gasteiger charge is -2.09. The van der Waals surface area contributed by atoms with E-state index in [1.54, 1.807) is 6.92 Å². The molecular formula is C13H14FNO3. The van der Waals surface area contributed by atoms with Crippen LogP contribution in [0.2, 0.25) is 0 Å². The molecule has 1 aromatic carbocycles. The molecule has 0 bridgehead atoms. The summed E-state index contributed by atoms with van der Waals surface area (Å²) in [5.41, 5.74) is 0.662. The Kier molecular flexibility index (Phi) is 5.05. The van der Waals surface area contributed by atoms with E-state index in [1.165, 1.54) is 36.4 Å². The summed E-state index contributed by atoms with van der Waals surface area (Å²) < 4.78 is 12.6. The highest BCUT2D eigenvalue weighted by atomic mass is 19.1. The normalized spacial score (nSPS) is 12.3. The number of carbonyl (C=O) groups excluding carboxylic acids is 1. The van der Waals surface area contributed by atoms with Crippen LogP contribution < -0.4 is 5.32 Å². The first-order valence-electron chi connectivity index (χ1n) is 5.50.